The number of H-pyrrole nitrogens is 1. The smallest absolute Gasteiger partial charge is 0.277 e. The Morgan fingerprint density at radius 1 is 1.26 bits per heavy atom. The summed E-state index contributed by atoms with van der Waals surface area (Å²) in [6.45, 7) is 4.20. The van der Waals surface area contributed by atoms with Gasteiger partial charge in [0.15, 0.2) is 6.61 Å². The standard InChI is InChI=1S/C18H16N4O3S2/c1-10-3-4-11(2)13(7-10)24-8-15-21-22-18(25-15)27-9-14-19-12-5-6-26-16(12)17(23)20-14/h3-7H,8-9H2,1-2H3,(H,19,20,23). The molecule has 0 saturated carbocycles. The molecule has 7 nitrogen and oxygen atoms in total. The van der Waals surface area contributed by atoms with Crippen molar-refractivity contribution in [3.05, 3.63) is 62.8 Å². The van der Waals surface area contributed by atoms with Gasteiger partial charge < -0.3 is 14.1 Å². The molecule has 9 heteroatoms. The van der Waals surface area contributed by atoms with Crippen molar-refractivity contribution in [2.75, 3.05) is 0 Å². The molecule has 0 radical (unpaired) electrons. The van der Waals surface area contributed by atoms with E-state index in [-0.39, 0.29) is 12.2 Å². The van der Waals surface area contributed by atoms with E-state index < -0.39 is 0 Å². The van der Waals surface area contributed by atoms with Gasteiger partial charge in [0.25, 0.3) is 16.7 Å². The largest absolute Gasteiger partial charge is 0.484 e. The molecule has 1 N–H and O–H groups in total. The van der Waals surface area contributed by atoms with E-state index in [1.807, 2.05) is 43.5 Å². The van der Waals surface area contributed by atoms with Crippen molar-refractivity contribution in [2.45, 2.75) is 31.4 Å². The first kappa shape index (κ1) is 17.7. The summed E-state index contributed by atoms with van der Waals surface area (Å²) in [5.74, 6) is 2.20. The third-order valence-electron chi connectivity index (χ3n) is 3.84. The molecule has 3 aromatic heterocycles. The predicted octanol–water partition coefficient (Wildman–Crippen LogP) is 3.86. The number of ether oxygens (including phenoxy) is 1. The molecule has 4 aromatic rings. The van der Waals surface area contributed by atoms with Crippen LogP contribution in [-0.4, -0.2) is 20.2 Å². The van der Waals surface area contributed by atoms with Crippen molar-refractivity contribution in [3.8, 4) is 5.75 Å². The lowest BCUT2D eigenvalue weighted by atomic mass is 10.1. The number of thiophene rings is 1. The van der Waals surface area contributed by atoms with Crippen LogP contribution in [0.1, 0.15) is 22.8 Å². The zero-order chi connectivity index (χ0) is 18.8. The number of fused-ring (bicyclic) bond motifs is 1. The summed E-state index contributed by atoms with van der Waals surface area (Å²) in [7, 11) is 0. The van der Waals surface area contributed by atoms with Gasteiger partial charge in [0.1, 0.15) is 16.3 Å². The van der Waals surface area contributed by atoms with Crippen molar-refractivity contribution in [1.29, 1.82) is 0 Å². The lowest BCUT2D eigenvalue weighted by Gasteiger charge is -2.07. The number of aromatic nitrogens is 4. The molecule has 0 spiro atoms. The monoisotopic (exact) mass is 400 g/mol. The number of hydrogen-bond acceptors (Lipinski definition) is 8. The van der Waals surface area contributed by atoms with Crippen LogP contribution in [0.4, 0.5) is 0 Å². The van der Waals surface area contributed by atoms with Crippen molar-refractivity contribution >= 4 is 33.3 Å². The molecule has 4 rings (SSSR count). The van der Waals surface area contributed by atoms with E-state index in [9.17, 15) is 4.79 Å². The summed E-state index contributed by atoms with van der Waals surface area (Å²) < 4.78 is 12.0. The summed E-state index contributed by atoms with van der Waals surface area (Å²) in [6, 6.07) is 7.86. The molecule has 1 aromatic carbocycles. The fourth-order valence-corrected chi connectivity index (χ4v) is 3.85. The first-order valence-electron chi connectivity index (χ1n) is 8.20. The molecule has 0 aliphatic heterocycles. The highest BCUT2D eigenvalue weighted by Crippen LogP contribution is 2.23. The van der Waals surface area contributed by atoms with Crippen LogP contribution in [-0.2, 0) is 12.4 Å². The SMILES string of the molecule is Cc1ccc(C)c(OCc2nnc(SCc3nc4ccsc4c(=O)[nH]3)o2)c1. The molecule has 0 aliphatic carbocycles. The molecule has 3 heterocycles. The normalized spacial score (nSPS) is 11.2. The number of nitrogens with zero attached hydrogens (tertiary/aromatic N) is 3. The van der Waals surface area contributed by atoms with Gasteiger partial charge in [-0.25, -0.2) is 4.98 Å². The topological polar surface area (TPSA) is 93.9 Å². The number of hydrogen-bond donors (Lipinski definition) is 1. The Morgan fingerprint density at radius 2 is 2.15 bits per heavy atom. The lowest BCUT2D eigenvalue weighted by molar-refractivity contribution is 0.250. The van der Waals surface area contributed by atoms with Gasteiger partial charge in [0.2, 0.25) is 0 Å². The maximum atomic E-state index is 12.0. The molecule has 0 atom stereocenters. The number of thioether (sulfide) groups is 1. The zero-order valence-electron chi connectivity index (χ0n) is 14.7. The van der Waals surface area contributed by atoms with Crippen LogP contribution in [0.3, 0.4) is 0 Å². The minimum atomic E-state index is -0.126. The first-order chi connectivity index (χ1) is 13.1. The van der Waals surface area contributed by atoms with E-state index in [4.69, 9.17) is 9.15 Å². The molecular formula is C18H16N4O3S2. The second-order valence-corrected chi connectivity index (χ2v) is 7.80. The molecule has 0 unspecified atom stereocenters. The predicted molar refractivity (Wildman–Crippen MR) is 104 cm³/mol. The van der Waals surface area contributed by atoms with E-state index in [0.717, 1.165) is 16.9 Å². The minimum absolute atomic E-state index is 0.126. The van der Waals surface area contributed by atoms with E-state index >= 15 is 0 Å². The number of rotatable bonds is 6. The highest BCUT2D eigenvalue weighted by molar-refractivity contribution is 7.98. The van der Waals surface area contributed by atoms with Crippen molar-refractivity contribution in [1.82, 2.24) is 20.2 Å². The molecule has 27 heavy (non-hydrogen) atoms. The number of aromatic amines is 1. The highest BCUT2D eigenvalue weighted by Gasteiger charge is 2.11. The fraction of sp³-hybridized carbons (Fsp3) is 0.222. The number of benzene rings is 1. The van der Waals surface area contributed by atoms with Gasteiger partial charge in [-0.05, 0) is 42.5 Å². The van der Waals surface area contributed by atoms with Gasteiger partial charge in [-0.1, -0.05) is 23.9 Å². The van der Waals surface area contributed by atoms with Crippen LogP contribution >= 0.6 is 23.1 Å². The van der Waals surface area contributed by atoms with Crippen LogP contribution < -0.4 is 10.3 Å². The highest BCUT2D eigenvalue weighted by atomic mass is 32.2. The second-order valence-electron chi connectivity index (χ2n) is 5.96. The molecule has 0 saturated heterocycles. The summed E-state index contributed by atoms with van der Waals surface area (Å²) in [5, 5.41) is 10.3. The summed E-state index contributed by atoms with van der Waals surface area (Å²) in [5.41, 5.74) is 2.75. The van der Waals surface area contributed by atoms with Gasteiger partial charge in [-0.15, -0.1) is 21.5 Å². The van der Waals surface area contributed by atoms with Crippen molar-refractivity contribution < 1.29 is 9.15 Å². The van der Waals surface area contributed by atoms with Gasteiger partial charge in [-0.2, -0.15) is 0 Å². The fourth-order valence-electron chi connectivity index (χ4n) is 2.48. The summed E-state index contributed by atoms with van der Waals surface area (Å²) in [6.07, 6.45) is 0. The first-order valence-corrected chi connectivity index (χ1v) is 10.1. The Labute approximate surface area is 162 Å². The minimum Gasteiger partial charge on any atom is -0.484 e. The number of nitrogens with one attached hydrogen (secondary N) is 1. The van der Waals surface area contributed by atoms with Gasteiger partial charge >= 0.3 is 0 Å². The average molecular weight is 400 g/mol. The zero-order valence-corrected chi connectivity index (χ0v) is 16.3. The Bertz CT molecular complexity index is 1150. The van der Waals surface area contributed by atoms with E-state index in [1.165, 1.54) is 23.1 Å². The third kappa shape index (κ3) is 4.04. The molecule has 0 bridgehead atoms. The van der Waals surface area contributed by atoms with E-state index in [2.05, 4.69) is 20.2 Å². The molecule has 0 aliphatic rings. The van der Waals surface area contributed by atoms with Gasteiger partial charge in [-0.3, -0.25) is 4.79 Å². The quantitative estimate of drug-likeness (QED) is 0.491. The van der Waals surface area contributed by atoms with Gasteiger partial charge in [0, 0.05) is 0 Å². The Hall–Kier alpha value is -2.65. The van der Waals surface area contributed by atoms with Crippen molar-refractivity contribution in [2.24, 2.45) is 0 Å². The van der Waals surface area contributed by atoms with Crippen LogP contribution in [0.5, 0.6) is 5.75 Å². The lowest BCUT2D eigenvalue weighted by Crippen LogP contribution is -2.09. The molecule has 138 valence electrons. The van der Waals surface area contributed by atoms with Crippen molar-refractivity contribution in [3.63, 3.8) is 0 Å². The maximum Gasteiger partial charge on any atom is 0.277 e. The van der Waals surface area contributed by atoms with Crippen LogP contribution in [0, 0.1) is 13.8 Å². The molecule has 0 amide bonds. The molecule has 0 fully saturated rings. The van der Waals surface area contributed by atoms with Crippen LogP contribution in [0.2, 0.25) is 0 Å². The van der Waals surface area contributed by atoms with E-state index in [1.54, 1.807) is 0 Å². The second kappa shape index (κ2) is 7.53. The average Bonchev–Trinajstić information content (AvgIpc) is 3.30. The van der Waals surface area contributed by atoms with Gasteiger partial charge in [0.05, 0.1) is 11.3 Å². The Kier molecular flexibility index (Phi) is 4.95. The maximum absolute atomic E-state index is 12.0. The number of aryl methyl sites for hydroxylation is 2. The van der Waals surface area contributed by atoms with E-state index in [0.29, 0.717) is 32.9 Å². The molecular weight excluding hydrogens is 384 g/mol. The Morgan fingerprint density at radius 3 is 3.04 bits per heavy atom. The van der Waals surface area contributed by atoms with Crippen LogP contribution in [0.15, 0.2) is 44.1 Å². The Balaban J connectivity index is 1.39. The van der Waals surface area contributed by atoms with Crippen LogP contribution in [0.25, 0.3) is 10.2 Å². The summed E-state index contributed by atoms with van der Waals surface area (Å²) >= 11 is 2.69. The third-order valence-corrected chi connectivity index (χ3v) is 5.57. The summed E-state index contributed by atoms with van der Waals surface area (Å²) in [4.78, 5) is 19.2.